The summed E-state index contributed by atoms with van der Waals surface area (Å²) in [5.41, 5.74) is 1.99. The summed E-state index contributed by atoms with van der Waals surface area (Å²) in [7, 11) is 0. The molecule has 2 aliphatic rings. The molecule has 3 atom stereocenters. The van der Waals surface area contributed by atoms with Gasteiger partial charge >= 0.3 is 0 Å². The van der Waals surface area contributed by atoms with Gasteiger partial charge in [0, 0.05) is 5.69 Å². The lowest BCUT2D eigenvalue weighted by Crippen LogP contribution is -2.19. The lowest BCUT2D eigenvalue weighted by atomic mass is 9.96. The minimum Gasteiger partial charge on any atom is -0.325 e. The minimum atomic E-state index is -0.0358. The van der Waals surface area contributed by atoms with E-state index < -0.39 is 0 Å². The van der Waals surface area contributed by atoms with Crippen molar-refractivity contribution < 1.29 is 4.79 Å². The first-order chi connectivity index (χ1) is 11.7. The number of amides is 1. The van der Waals surface area contributed by atoms with Gasteiger partial charge in [0.25, 0.3) is 0 Å². The molecule has 0 aliphatic heterocycles. The molecule has 7 heteroatoms. The number of hydrogen-bond acceptors (Lipinski definition) is 5. The van der Waals surface area contributed by atoms with E-state index in [1.165, 1.54) is 43.0 Å². The first-order valence-electron chi connectivity index (χ1n) is 8.46. The average Bonchev–Trinajstić information content (AvgIpc) is 3.31. The first kappa shape index (κ1) is 15.6. The molecule has 1 aromatic heterocycles. The Balaban J connectivity index is 1.35. The molecule has 2 fully saturated rings. The van der Waals surface area contributed by atoms with Gasteiger partial charge in [-0.05, 0) is 60.6 Å². The summed E-state index contributed by atoms with van der Waals surface area (Å²) in [6.45, 7) is 2.02. The maximum Gasteiger partial charge on any atom is 0.234 e. The fourth-order valence-corrected chi connectivity index (χ4v) is 4.69. The van der Waals surface area contributed by atoms with E-state index in [0.717, 1.165) is 16.8 Å². The van der Waals surface area contributed by atoms with Crippen LogP contribution < -0.4 is 5.32 Å². The molecule has 2 aliphatic carbocycles. The van der Waals surface area contributed by atoms with Crippen LogP contribution in [0.3, 0.4) is 0 Å². The largest absolute Gasteiger partial charge is 0.325 e. The maximum atomic E-state index is 12.1. The van der Waals surface area contributed by atoms with Crippen LogP contribution >= 0.6 is 11.8 Å². The predicted molar refractivity (Wildman–Crippen MR) is 92.8 cm³/mol. The molecule has 1 heterocycles. The molecule has 126 valence electrons. The second-order valence-corrected chi connectivity index (χ2v) is 7.79. The van der Waals surface area contributed by atoms with Gasteiger partial charge < -0.3 is 5.32 Å². The second-order valence-electron chi connectivity index (χ2n) is 6.85. The highest BCUT2D eigenvalue weighted by atomic mass is 32.2. The number of nitrogens with one attached hydrogen (secondary N) is 1. The van der Waals surface area contributed by atoms with E-state index in [4.69, 9.17) is 0 Å². The summed E-state index contributed by atoms with van der Waals surface area (Å²) in [4.78, 5) is 12.1. The summed E-state index contributed by atoms with van der Waals surface area (Å²) >= 11 is 1.41. The van der Waals surface area contributed by atoms with Crippen molar-refractivity contribution in [2.45, 2.75) is 43.8 Å². The SMILES string of the molecule is Cc1ccc(NC(=O)CSc2nnnn2[C@H]2C[C@H]3CC[C@H]2C3)cc1. The van der Waals surface area contributed by atoms with Crippen LogP contribution in [0.25, 0.3) is 0 Å². The summed E-state index contributed by atoms with van der Waals surface area (Å²) in [5, 5.41) is 15.8. The summed E-state index contributed by atoms with van der Waals surface area (Å²) in [5.74, 6) is 1.83. The third-order valence-electron chi connectivity index (χ3n) is 5.15. The number of thioether (sulfide) groups is 1. The molecule has 4 rings (SSSR count). The van der Waals surface area contributed by atoms with E-state index in [9.17, 15) is 4.79 Å². The van der Waals surface area contributed by atoms with Gasteiger partial charge in [-0.2, -0.15) is 0 Å². The Morgan fingerprint density at radius 3 is 2.83 bits per heavy atom. The van der Waals surface area contributed by atoms with Crippen molar-refractivity contribution in [3.05, 3.63) is 29.8 Å². The Morgan fingerprint density at radius 2 is 2.12 bits per heavy atom. The van der Waals surface area contributed by atoms with Crippen LogP contribution in [0.15, 0.2) is 29.4 Å². The van der Waals surface area contributed by atoms with Gasteiger partial charge in [0.05, 0.1) is 11.8 Å². The molecular formula is C17H21N5OS. The number of benzene rings is 1. The van der Waals surface area contributed by atoms with Crippen molar-refractivity contribution >= 4 is 23.4 Å². The first-order valence-corrected chi connectivity index (χ1v) is 9.45. The predicted octanol–water partition coefficient (Wildman–Crippen LogP) is 3.07. The molecule has 2 bridgehead atoms. The zero-order valence-corrected chi connectivity index (χ0v) is 14.5. The highest BCUT2D eigenvalue weighted by molar-refractivity contribution is 7.99. The number of hydrogen-bond donors (Lipinski definition) is 1. The molecule has 0 unspecified atom stereocenters. The van der Waals surface area contributed by atoms with Crippen LogP contribution in [0.1, 0.15) is 37.3 Å². The molecule has 0 radical (unpaired) electrons. The van der Waals surface area contributed by atoms with E-state index in [2.05, 4.69) is 20.8 Å². The van der Waals surface area contributed by atoms with Gasteiger partial charge in [0.15, 0.2) is 0 Å². The number of nitrogens with zero attached hydrogens (tertiary/aromatic N) is 4. The molecule has 24 heavy (non-hydrogen) atoms. The molecule has 1 aromatic carbocycles. The van der Waals surface area contributed by atoms with E-state index in [1.807, 2.05) is 35.9 Å². The van der Waals surface area contributed by atoms with E-state index in [-0.39, 0.29) is 5.91 Å². The van der Waals surface area contributed by atoms with Crippen molar-refractivity contribution in [1.29, 1.82) is 0 Å². The molecule has 2 saturated carbocycles. The normalized spacial score (nSPS) is 25.1. The minimum absolute atomic E-state index is 0.0358. The Hall–Kier alpha value is -1.89. The highest BCUT2D eigenvalue weighted by Crippen LogP contribution is 2.50. The monoisotopic (exact) mass is 343 g/mol. The summed E-state index contributed by atoms with van der Waals surface area (Å²) in [6.07, 6.45) is 5.12. The van der Waals surface area contributed by atoms with Gasteiger partial charge in [-0.15, -0.1) is 5.10 Å². The van der Waals surface area contributed by atoms with E-state index >= 15 is 0 Å². The molecule has 0 saturated heterocycles. The van der Waals surface area contributed by atoms with Gasteiger partial charge in [0.1, 0.15) is 0 Å². The average molecular weight is 343 g/mol. The molecule has 6 nitrogen and oxygen atoms in total. The van der Waals surface area contributed by atoms with Crippen LogP contribution in [0.2, 0.25) is 0 Å². The van der Waals surface area contributed by atoms with Crippen molar-refractivity contribution in [3.8, 4) is 0 Å². The van der Waals surface area contributed by atoms with Crippen molar-refractivity contribution in [2.24, 2.45) is 11.8 Å². The molecular weight excluding hydrogens is 322 g/mol. The fourth-order valence-electron chi connectivity index (χ4n) is 3.96. The number of carbonyl (C=O) groups is 1. The zero-order chi connectivity index (χ0) is 16.5. The highest BCUT2D eigenvalue weighted by Gasteiger charge is 2.42. The fraction of sp³-hybridized carbons (Fsp3) is 0.529. The van der Waals surface area contributed by atoms with E-state index in [0.29, 0.717) is 17.7 Å². The van der Waals surface area contributed by atoms with Crippen LogP contribution in [0, 0.1) is 18.8 Å². The third kappa shape index (κ3) is 3.17. The Labute approximate surface area is 145 Å². The maximum absolute atomic E-state index is 12.1. The summed E-state index contributed by atoms with van der Waals surface area (Å²) in [6, 6.07) is 8.21. The number of aromatic nitrogens is 4. The van der Waals surface area contributed by atoms with Crippen molar-refractivity contribution in [2.75, 3.05) is 11.1 Å². The number of carbonyl (C=O) groups excluding carboxylic acids is 1. The van der Waals surface area contributed by atoms with Gasteiger partial charge in [-0.1, -0.05) is 35.9 Å². The zero-order valence-electron chi connectivity index (χ0n) is 13.7. The Morgan fingerprint density at radius 1 is 1.29 bits per heavy atom. The lowest BCUT2D eigenvalue weighted by Gasteiger charge is -2.22. The van der Waals surface area contributed by atoms with Crippen LogP contribution in [-0.4, -0.2) is 31.9 Å². The number of rotatable bonds is 5. The Bertz CT molecular complexity index is 729. The van der Waals surface area contributed by atoms with Gasteiger partial charge in [-0.25, -0.2) is 4.68 Å². The quantitative estimate of drug-likeness (QED) is 0.845. The van der Waals surface area contributed by atoms with Gasteiger partial charge in [-0.3, -0.25) is 4.79 Å². The van der Waals surface area contributed by atoms with Crippen molar-refractivity contribution in [1.82, 2.24) is 20.2 Å². The van der Waals surface area contributed by atoms with Crippen LogP contribution in [0.5, 0.6) is 0 Å². The lowest BCUT2D eigenvalue weighted by molar-refractivity contribution is -0.113. The van der Waals surface area contributed by atoms with Crippen LogP contribution in [0.4, 0.5) is 5.69 Å². The Kier molecular flexibility index (Phi) is 4.26. The topological polar surface area (TPSA) is 72.7 Å². The smallest absolute Gasteiger partial charge is 0.234 e. The molecule has 1 N–H and O–H groups in total. The number of anilines is 1. The van der Waals surface area contributed by atoms with E-state index in [1.54, 1.807) is 0 Å². The number of fused-ring (bicyclic) bond motifs is 2. The molecule has 0 spiro atoms. The molecule has 1 amide bonds. The molecule has 2 aromatic rings. The second kappa shape index (κ2) is 6.55. The van der Waals surface area contributed by atoms with Gasteiger partial charge in [0.2, 0.25) is 11.1 Å². The number of aryl methyl sites for hydroxylation is 1. The summed E-state index contributed by atoms with van der Waals surface area (Å²) < 4.78 is 1.95. The van der Waals surface area contributed by atoms with Crippen LogP contribution in [-0.2, 0) is 4.79 Å². The number of tetrazole rings is 1. The standard InChI is InChI=1S/C17H21N5OS/c1-11-2-6-14(7-3-11)18-16(23)10-24-17-19-20-21-22(17)15-9-12-4-5-13(15)8-12/h2-3,6-7,12-13,15H,4-5,8-10H2,1H3,(H,18,23)/t12-,13-,15-/m0/s1. The third-order valence-corrected chi connectivity index (χ3v) is 6.08. The van der Waals surface area contributed by atoms with Crippen molar-refractivity contribution in [3.63, 3.8) is 0 Å².